The summed E-state index contributed by atoms with van der Waals surface area (Å²) in [4.78, 5) is 15.2. The van der Waals surface area contributed by atoms with Gasteiger partial charge >= 0.3 is 0 Å². The van der Waals surface area contributed by atoms with Gasteiger partial charge in [0.25, 0.3) is 0 Å². The van der Waals surface area contributed by atoms with Gasteiger partial charge in [0.05, 0.1) is 0 Å². The van der Waals surface area contributed by atoms with Crippen molar-refractivity contribution in [2.24, 2.45) is 0 Å². The van der Waals surface area contributed by atoms with Gasteiger partial charge < -0.3 is 5.73 Å². The number of fused-ring (bicyclic) bond motifs is 1. The van der Waals surface area contributed by atoms with Crippen LogP contribution in [-0.4, -0.2) is 10.8 Å². The summed E-state index contributed by atoms with van der Waals surface area (Å²) in [6.45, 7) is 0. The third-order valence-corrected chi connectivity index (χ3v) is 2.36. The molecule has 3 heteroatoms. The number of aromatic nitrogens is 1. The molecule has 3 nitrogen and oxygen atoms in total. The molecule has 0 bridgehead atoms. The van der Waals surface area contributed by atoms with Crippen molar-refractivity contribution in [1.82, 2.24) is 4.98 Å². The highest BCUT2D eigenvalue weighted by molar-refractivity contribution is 5.94. The quantitative estimate of drug-likeness (QED) is 0.672. The van der Waals surface area contributed by atoms with Gasteiger partial charge in [0, 0.05) is 12.6 Å². The number of allylic oxidation sites excluding steroid dienone is 1. The second-order valence-electron chi connectivity index (χ2n) is 3.46. The van der Waals surface area contributed by atoms with Crippen LogP contribution in [0.15, 0.2) is 18.3 Å². The Morgan fingerprint density at radius 1 is 1.29 bits per heavy atom. The minimum absolute atomic E-state index is 0.187. The van der Waals surface area contributed by atoms with Crippen molar-refractivity contribution in [3.63, 3.8) is 0 Å². The van der Waals surface area contributed by atoms with Gasteiger partial charge in [-0.3, -0.25) is 4.79 Å². The van der Waals surface area contributed by atoms with Gasteiger partial charge in [0.2, 0.25) is 0 Å². The number of pyridine rings is 1. The molecule has 1 aliphatic rings. The molecule has 2 N–H and O–H groups in total. The number of nitrogens with zero attached hydrogens (tertiary/aromatic N) is 1. The normalized spacial score (nSPS) is 18.1. The summed E-state index contributed by atoms with van der Waals surface area (Å²) < 4.78 is 0. The molecule has 0 aliphatic heterocycles. The van der Waals surface area contributed by atoms with Crippen molar-refractivity contribution in [2.45, 2.75) is 19.3 Å². The molecule has 0 spiro atoms. The third kappa shape index (κ3) is 1.82. The van der Waals surface area contributed by atoms with Crippen LogP contribution >= 0.6 is 0 Å². The molecule has 2 rings (SSSR count). The molecule has 0 amide bonds. The largest absolute Gasteiger partial charge is 0.384 e. The summed E-state index contributed by atoms with van der Waals surface area (Å²) in [5.74, 6) is 0.733. The lowest BCUT2D eigenvalue weighted by Crippen LogP contribution is -2.02. The van der Waals surface area contributed by atoms with Gasteiger partial charge in [-0.15, -0.1) is 0 Å². The fourth-order valence-corrected chi connectivity index (χ4v) is 1.61. The Bertz CT molecular complexity index is 396. The highest BCUT2D eigenvalue weighted by atomic mass is 16.1. The van der Waals surface area contributed by atoms with Gasteiger partial charge in [0.15, 0.2) is 5.78 Å². The second-order valence-corrected chi connectivity index (χ2v) is 3.46. The summed E-state index contributed by atoms with van der Waals surface area (Å²) in [6.07, 6.45) is 7.58. The van der Waals surface area contributed by atoms with E-state index in [2.05, 4.69) is 4.98 Å². The molecule has 1 heterocycles. The van der Waals surface area contributed by atoms with Crippen LogP contribution in [0.4, 0.5) is 5.82 Å². The average Bonchev–Trinajstić information content (AvgIpc) is 2.13. The predicted molar refractivity (Wildman–Crippen MR) is 55.6 cm³/mol. The van der Waals surface area contributed by atoms with Crippen LogP contribution in [0.2, 0.25) is 0 Å². The van der Waals surface area contributed by atoms with Crippen molar-refractivity contribution in [2.75, 3.05) is 5.73 Å². The number of hydrogen-bond donors (Lipinski definition) is 1. The number of anilines is 1. The third-order valence-electron chi connectivity index (χ3n) is 2.36. The molecule has 0 aromatic carbocycles. The standard InChI is InChI=1S/C11H12N2O/c12-11-6-8-2-1-3-10(14)5-4-9(8)7-13-11/h4-7H,1-3H2,(H2,12,13)/b5-4-. The Hall–Kier alpha value is -1.64. The molecule has 1 aromatic rings. The van der Waals surface area contributed by atoms with E-state index in [9.17, 15) is 4.79 Å². The molecule has 0 saturated heterocycles. The summed E-state index contributed by atoms with van der Waals surface area (Å²) in [6, 6.07) is 1.88. The number of hydrogen-bond acceptors (Lipinski definition) is 3. The van der Waals surface area contributed by atoms with Gasteiger partial charge in [0.1, 0.15) is 5.82 Å². The Morgan fingerprint density at radius 3 is 3.00 bits per heavy atom. The SMILES string of the molecule is Nc1cc2c(cn1)/C=C\C(=O)CCC2. The second kappa shape index (κ2) is 3.62. The summed E-state index contributed by atoms with van der Waals surface area (Å²) in [7, 11) is 0. The number of ketones is 1. The van der Waals surface area contributed by atoms with Crippen molar-refractivity contribution < 1.29 is 4.79 Å². The van der Waals surface area contributed by atoms with Crippen LogP contribution in [0.5, 0.6) is 0 Å². The zero-order chi connectivity index (χ0) is 9.97. The van der Waals surface area contributed by atoms with E-state index in [1.165, 1.54) is 5.56 Å². The molecular weight excluding hydrogens is 176 g/mol. The molecule has 14 heavy (non-hydrogen) atoms. The summed E-state index contributed by atoms with van der Waals surface area (Å²) in [5.41, 5.74) is 7.79. The van der Waals surface area contributed by atoms with Crippen LogP contribution in [0.25, 0.3) is 6.08 Å². The highest BCUT2D eigenvalue weighted by Gasteiger charge is 2.07. The summed E-state index contributed by atoms with van der Waals surface area (Å²) >= 11 is 0. The Morgan fingerprint density at radius 2 is 2.14 bits per heavy atom. The number of rotatable bonds is 0. The maximum absolute atomic E-state index is 11.2. The monoisotopic (exact) mass is 188 g/mol. The fourth-order valence-electron chi connectivity index (χ4n) is 1.61. The number of aryl methyl sites for hydroxylation is 1. The molecule has 1 aliphatic carbocycles. The van der Waals surface area contributed by atoms with E-state index in [1.807, 2.05) is 12.1 Å². The number of carbonyl (C=O) groups is 1. The molecule has 1 aromatic heterocycles. The lowest BCUT2D eigenvalue weighted by Gasteiger charge is -2.08. The smallest absolute Gasteiger partial charge is 0.155 e. The molecule has 0 radical (unpaired) electrons. The van der Waals surface area contributed by atoms with E-state index in [4.69, 9.17) is 5.73 Å². The van der Waals surface area contributed by atoms with E-state index < -0.39 is 0 Å². The zero-order valence-corrected chi connectivity index (χ0v) is 7.86. The van der Waals surface area contributed by atoms with Crippen molar-refractivity contribution >= 4 is 17.7 Å². The first-order chi connectivity index (χ1) is 6.75. The van der Waals surface area contributed by atoms with E-state index >= 15 is 0 Å². The van der Waals surface area contributed by atoms with E-state index in [1.54, 1.807) is 12.3 Å². The van der Waals surface area contributed by atoms with Crippen LogP contribution in [-0.2, 0) is 11.2 Å². The number of nitrogen functional groups attached to an aromatic ring is 1. The van der Waals surface area contributed by atoms with Crippen LogP contribution in [0.3, 0.4) is 0 Å². The molecular formula is C11H12N2O. The molecule has 0 fully saturated rings. The summed E-state index contributed by atoms with van der Waals surface area (Å²) in [5, 5.41) is 0. The van der Waals surface area contributed by atoms with Crippen molar-refractivity contribution in [3.8, 4) is 0 Å². The van der Waals surface area contributed by atoms with Crippen molar-refractivity contribution in [1.29, 1.82) is 0 Å². The first-order valence-electron chi connectivity index (χ1n) is 4.71. The highest BCUT2D eigenvalue weighted by Crippen LogP contribution is 2.18. The minimum atomic E-state index is 0.187. The Balaban J connectivity index is 2.42. The van der Waals surface area contributed by atoms with E-state index in [-0.39, 0.29) is 5.78 Å². The maximum Gasteiger partial charge on any atom is 0.155 e. The van der Waals surface area contributed by atoms with Crippen LogP contribution in [0.1, 0.15) is 24.0 Å². The lowest BCUT2D eigenvalue weighted by molar-refractivity contribution is -0.114. The Kier molecular flexibility index (Phi) is 2.31. The molecule has 72 valence electrons. The van der Waals surface area contributed by atoms with Gasteiger partial charge in [-0.05, 0) is 42.2 Å². The predicted octanol–water partition coefficient (Wildman–Crippen LogP) is 1.58. The van der Waals surface area contributed by atoms with Crippen molar-refractivity contribution in [3.05, 3.63) is 29.5 Å². The number of nitrogens with two attached hydrogens (primary N) is 1. The van der Waals surface area contributed by atoms with Gasteiger partial charge in [-0.25, -0.2) is 4.98 Å². The molecule has 0 atom stereocenters. The first kappa shape index (κ1) is 8.94. The molecule has 0 saturated carbocycles. The number of carbonyl (C=O) groups excluding carboxylic acids is 1. The topological polar surface area (TPSA) is 56.0 Å². The maximum atomic E-state index is 11.2. The van der Waals surface area contributed by atoms with Crippen LogP contribution < -0.4 is 5.73 Å². The van der Waals surface area contributed by atoms with Gasteiger partial charge in [-0.1, -0.05) is 0 Å². The fraction of sp³-hybridized carbons (Fsp3) is 0.273. The van der Waals surface area contributed by atoms with Gasteiger partial charge in [-0.2, -0.15) is 0 Å². The minimum Gasteiger partial charge on any atom is -0.384 e. The van der Waals surface area contributed by atoms with E-state index in [0.717, 1.165) is 18.4 Å². The molecule has 0 unspecified atom stereocenters. The van der Waals surface area contributed by atoms with E-state index in [0.29, 0.717) is 12.2 Å². The lowest BCUT2D eigenvalue weighted by atomic mass is 9.99. The first-order valence-corrected chi connectivity index (χ1v) is 4.71. The average molecular weight is 188 g/mol. The van der Waals surface area contributed by atoms with Crippen LogP contribution in [0, 0.1) is 0 Å². The Labute approximate surface area is 82.6 Å². The zero-order valence-electron chi connectivity index (χ0n) is 7.86.